The number of hydrogen-bond donors (Lipinski definition) is 2. The average molecular weight is 249 g/mol. The van der Waals surface area contributed by atoms with Crippen LogP contribution in [0.25, 0.3) is 0 Å². The molecule has 5 nitrogen and oxygen atoms in total. The molecule has 0 aliphatic carbocycles. The molecule has 0 spiro atoms. The number of hydrogen-bond acceptors (Lipinski definition) is 5. The Kier molecular flexibility index (Phi) is 4.36. The molecular formula is C13H23N5. The van der Waals surface area contributed by atoms with Gasteiger partial charge < -0.3 is 16.0 Å². The molecule has 18 heavy (non-hydrogen) atoms. The summed E-state index contributed by atoms with van der Waals surface area (Å²) < 4.78 is 0. The maximum atomic E-state index is 5.76. The van der Waals surface area contributed by atoms with E-state index < -0.39 is 0 Å². The van der Waals surface area contributed by atoms with E-state index in [1.807, 2.05) is 13.0 Å². The molecule has 0 bridgehead atoms. The van der Waals surface area contributed by atoms with Crippen LogP contribution in [0.5, 0.6) is 0 Å². The summed E-state index contributed by atoms with van der Waals surface area (Å²) in [5.41, 5.74) is 5.76. The van der Waals surface area contributed by atoms with Crippen LogP contribution >= 0.6 is 0 Å². The van der Waals surface area contributed by atoms with Crippen molar-refractivity contribution in [3.8, 4) is 0 Å². The molecule has 2 rings (SSSR count). The smallest absolute Gasteiger partial charge is 0.132 e. The van der Waals surface area contributed by atoms with Gasteiger partial charge in [-0.05, 0) is 25.4 Å². The van der Waals surface area contributed by atoms with E-state index in [4.69, 9.17) is 5.73 Å². The Labute approximate surface area is 109 Å². The third-order valence-corrected chi connectivity index (χ3v) is 3.50. The van der Waals surface area contributed by atoms with Crippen molar-refractivity contribution in [2.24, 2.45) is 5.92 Å². The van der Waals surface area contributed by atoms with E-state index >= 15 is 0 Å². The molecule has 1 atom stereocenters. The standard InChI is InChI=1S/C13H23N5/c1-3-12-16-11(14)7-13(17-12)15-8-10-5-6-18(4-2)9-10/h7,10H,3-6,8-9H2,1-2H3,(H3,14,15,16,17). The summed E-state index contributed by atoms with van der Waals surface area (Å²) in [6.45, 7) is 8.77. The Morgan fingerprint density at radius 2 is 2.28 bits per heavy atom. The van der Waals surface area contributed by atoms with E-state index in [0.717, 1.165) is 31.2 Å². The minimum atomic E-state index is 0.547. The van der Waals surface area contributed by atoms with Gasteiger partial charge in [0, 0.05) is 25.6 Å². The number of aromatic nitrogens is 2. The van der Waals surface area contributed by atoms with E-state index in [0.29, 0.717) is 11.7 Å². The maximum absolute atomic E-state index is 5.76. The third-order valence-electron chi connectivity index (χ3n) is 3.50. The second kappa shape index (κ2) is 6.00. The fraction of sp³-hybridized carbons (Fsp3) is 0.692. The van der Waals surface area contributed by atoms with E-state index in [1.54, 1.807) is 0 Å². The van der Waals surface area contributed by atoms with Gasteiger partial charge in [0.15, 0.2) is 0 Å². The van der Waals surface area contributed by atoms with Crippen LogP contribution in [0.4, 0.5) is 11.6 Å². The first-order chi connectivity index (χ1) is 8.71. The molecule has 3 N–H and O–H groups in total. The van der Waals surface area contributed by atoms with Gasteiger partial charge in [-0.1, -0.05) is 13.8 Å². The Balaban J connectivity index is 1.88. The van der Waals surface area contributed by atoms with E-state index in [2.05, 4.69) is 27.1 Å². The molecule has 2 heterocycles. The lowest BCUT2D eigenvalue weighted by atomic mass is 10.1. The van der Waals surface area contributed by atoms with Crippen LogP contribution in [0.15, 0.2) is 6.07 Å². The van der Waals surface area contributed by atoms with E-state index in [9.17, 15) is 0 Å². The topological polar surface area (TPSA) is 67.1 Å². The van der Waals surface area contributed by atoms with Crippen molar-refractivity contribution in [2.45, 2.75) is 26.7 Å². The molecule has 100 valence electrons. The van der Waals surface area contributed by atoms with Crippen LogP contribution in [-0.4, -0.2) is 41.0 Å². The number of likely N-dealkylation sites (tertiary alicyclic amines) is 1. The number of aryl methyl sites for hydroxylation is 1. The quantitative estimate of drug-likeness (QED) is 0.825. The van der Waals surface area contributed by atoms with Gasteiger partial charge in [-0.2, -0.15) is 0 Å². The van der Waals surface area contributed by atoms with Crippen LogP contribution in [0.2, 0.25) is 0 Å². The largest absolute Gasteiger partial charge is 0.384 e. The number of nitrogens with one attached hydrogen (secondary N) is 1. The number of nitrogen functional groups attached to an aromatic ring is 1. The van der Waals surface area contributed by atoms with E-state index in [1.165, 1.54) is 19.5 Å². The first-order valence-electron chi connectivity index (χ1n) is 6.81. The molecular weight excluding hydrogens is 226 g/mol. The van der Waals surface area contributed by atoms with Crippen LogP contribution in [0.3, 0.4) is 0 Å². The zero-order valence-electron chi connectivity index (χ0n) is 11.3. The highest BCUT2D eigenvalue weighted by Crippen LogP contribution is 2.17. The lowest BCUT2D eigenvalue weighted by molar-refractivity contribution is 0.345. The molecule has 0 saturated carbocycles. The normalized spacial score (nSPS) is 20.2. The van der Waals surface area contributed by atoms with Gasteiger partial charge in [0.2, 0.25) is 0 Å². The lowest BCUT2D eigenvalue weighted by Crippen LogP contribution is -2.22. The summed E-state index contributed by atoms with van der Waals surface area (Å²) in [5.74, 6) is 2.92. The predicted octanol–water partition coefficient (Wildman–Crippen LogP) is 1.37. The number of rotatable bonds is 5. The molecule has 1 saturated heterocycles. The first kappa shape index (κ1) is 13.1. The molecule has 0 aromatic carbocycles. The van der Waals surface area contributed by atoms with Gasteiger partial charge in [-0.15, -0.1) is 0 Å². The highest BCUT2D eigenvalue weighted by Gasteiger charge is 2.20. The van der Waals surface area contributed by atoms with Gasteiger partial charge in [0.25, 0.3) is 0 Å². The van der Waals surface area contributed by atoms with Crippen LogP contribution in [0.1, 0.15) is 26.1 Å². The predicted molar refractivity (Wildman–Crippen MR) is 74.5 cm³/mol. The number of nitrogens with two attached hydrogens (primary N) is 1. The molecule has 1 unspecified atom stereocenters. The monoisotopic (exact) mass is 249 g/mol. The first-order valence-corrected chi connectivity index (χ1v) is 6.81. The highest BCUT2D eigenvalue weighted by atomic mass is 15.1. The van der Waals surface area contributed by atoms with Crippen molar-refractivity contribution in [1.29, 1.82) is 0 Å². The Morgan fingerprint density at radius 3 is 2.94 bits per heavy atom. The Bertz CT molecular complexity index is 393. The summed E-state index contributed by atoms with van der Waals surface area (Å²) >= 11 is 0. The summed E-state index contributed by atoms with van der Waals surface area (Å²) in [6, 6.07) is 1.81. The fourth-order valence-electron chi connectivity index (χ4n) is 2.38. The molecule has 1 aromatic rings. The SMILES string of the molecule is CCc1nc(N)cc(NCC2CCN(CC)C2)n1. The molecule has 1 aliphatic rings. The van der Waals surface area contributed by atoms with Gasteiger partial charge in [-0.25, -0.2) is 9.97 Å². The van der Waals surface area contributed by atoms with Crippen molar-refractivity contribution in [1.82, 2.24) is 14.9 Å². The summed E-state index contributed by atoms with van der Waals surface area (Å²) in [7, 11) is 0. The second-order valence-corrected chi connectivity index (χ2v) is 4.88. The zero-order chi connectivity index (χ0) is 13.0. The lowest BCUT2D eigenvalue weighted by Gasteiger charge is -2.14. The zero-order valence-corrected chi connectivity index (χ0v) is 11.3. The fourth-order valence-corrected chi connectivity index (χ4v) is 2.38. The number of nitrogens with zero attached hydrogens (tertiary/aromatic N) is 3. The average Bonchev–Trinajstić information content (AvgIpc) is 2.83. The summed E-state index contributed by atoms with van der Waals surface area (Å²) in [6.07, 6.45) is 2.08. The van der Waals surface area contributed by atoms with Crippen molar-refractivity contribution in [3.05, 3.63) is 11.9 Å². The van der Waals surface area contributed by atoms with Crippen molar-refractivity contribution >= 4 is 11.6 Å². The second-order valence-electron chi connectivity index (χ2n) is 4.88. The van der Waals surface area contributed by atoms with Crippen molar-refractivity contribution < 1.29 is 0 Å². The van der Waals surface area contributed by atoms with E-state index in [-0.39, 0.29) is 0 Å². The van der Waals surface area contributed by atoms with Crippen LogP contribution in [-0.2, 0) is 6.42 Å². The highest BCUT2D eigenvalue weighted by molar-refractivity contribution is 5.44. The van der Waals surface area contributed by atoms with Gasteiger partial charge in [-0.3, -0.25) is 0 Å². The molecule has 0 amide bonds. The minimum absolute atomic E-state index is 0.547. The van der Waals surface area contributed by atoms with Crippen molar-refractivity contribution in [2.75, 3.05) is 37.2 Å². The van der Waals surface area contributed by atoms with Gasteiger partial charge in [0.05, 0.1) is 0 Å². The van der Waals surface area contributed by atoms with Crippen LogP contribution < -0.4 is 11.1 Å². The molecule has 5 heteroatoms. The van der Waals surface area contributed by atoms with Gasteiger partial charge in [0.1, 0.15) is 17.5 Å². The summed E-state index contributed by atoms with van der Waals surface area (Å²) in [5, 5.41) is 3.39. The van der Waals surface area contributed by atoms with Gasteiger partial charge >= 0.3 is 0 Å². The molecule has 1 aliphatic heterocycles. The summed E-state index contributed by atoms with van der Waals surface area (Å²) in [4.78, 5) is 11.1. The minimum Gasteiger partial charge on any atom is -0.384 e. The molecule has 1 aromatic heterocycles. The van der Waals surface area contributed by atoms with Crippen LogP contribution in [0, 0.1) is 5.92 Å². The molecule has 0 radical (unpaired) electrons. The maximum Gasteiger partial charge on any atom is 0.132 e. The third kappa shape index (κ3) is 3.32. The molecule has 1 fully saturated rings. The van der Waals surface area contributed by atoms with Crippen molar-refractivity contribution in [3.63, 3.8) is 0 Å². The Morgan fingerprint density at radius 1 is 1.44 bits per heavy atom. The number of anilines is 2. The Hall–Kier alpha value is -1.36.